The summed E-state index contributed by atoms with van der Waals surface area (Å²) < 4.78 is 0. The molecule has 1 unspecified atom stereocenters. The molecule has 1 spiro atoms. The highest BCUT2D eigenvalue weighted by Crippen LogP contribution is 2.46. The number of rotatable bonds is 6. The van der Waals surface area contributed by atoms with Gasteiger partial charge < -0.3 is 21.4 Å². The fourth-order valence-corrected chi connectivity index (χ4v) is 4.79. The number of para-hydroxylation sites is 1. The molecular weight excluding hydrogens is 430 g/mol. The van der Waals surface area contributed by atoms with Crippen LogP contribution in [0, 0.1) is 5.41 Å². The van der Waals surface area contributed by atoms with Gasteiger partial charge in [-0.2, -0.15) is 0 Å². The molecule has 8 nitrogen and oxygen atoms in total. The van der Waals surface area contributed by atoms with Gasteiger partial charge in [0, 0.05) is 34.4 Å². The monoisotopic (exact) mass is 453 g/mol. The van der Waals surface area contributed by atoms with Crippen LogP contribution in [0.3, 0.4) is 0 Å². The zero-order valence-electron chi connectivity index (χ0n) is 18.4. The number of aromatic nitrogens is 2. The quantitative estimate of drug-likeness (QED) is 0.336. The van der Waals surface area contributed by atoms with Crippen LogP contribution in [0.4, 0.5) is 0 Å². The van der Waals surface area contributed by atoms with Crippen LogP contribution in [0.2, 0.25) is 0 Å². The molecule has 0 bridgehead atoms. The lowest BCUT2D eigenvalue weighted by atomic mass is 9.78. The zero-order valence-corrected chi connectivity index (χ0v) is 18.4. The average Bonchev–Trinajstić information content (AvgIpc) is 3.50. The fraction of sp³-hybridized carbons (Fsp3) is 0.154. The van der Waals surface area contributed by atoms with Crippen molar-refractivity contribution in [3.8, 4) is 0 Å². The highest BCUT2D eigenvalue weighted by Gasteiger charge is 2.51. The molecule has 0 saturated heterocycles. The molecule has 3 aromatic rings. The normalized spacial score (nSPS) is 19.1. The van der Waals surface area contributed by atoms with Crippen LogP contribution in [0.25, 0.3) is 10.9 Å². The third kappa shape index (κ3) is 3.40. The topological polar surface area (TPSA) is 130 Å². The molecule has 2 amide bonds. The van der Waals surface area contributed by atoms with E-state index in [0.29, 0.717) is 29.8 Å². The SMILES string of the molecule is C=C/C=C\C1=C(N)NC(=O)C12Cc1cnc(C(=O)NCC(=O)c3c[nH]c4ccccc34)cc1C2. The number of aromatic amines is 1. The number of Topliss-reactive ketones (excluding diaryl/α,β-unsaturated/α-hetero) is 1. The van der Waals surface area contributed by atoms with Crippen molar-refractivity contribution >= 4 is 28.5 Å². The Morgan fingerprint density at radius 1 is 1.24 bits per heavy atom. The standard InChI is InChI=1S/C26H23N5O3/c1-2-3-7-19-23(27)31-25(34)26(19)10-15-9-21(28-12-16(15)11-26)24(33)30-14-22(32)18-13-29-20-8-5-4-6-17(18)20/h2-9,12-13,29H,1,10-11,14,27H2,(H,30,33)(H,31,34)/b7-3-. The summed E-state index contributed by atoms with van der Waals surface area (Å²) in [5.74, 6) is -0.486. The minimum absolute atomic E-state index is 0.151. The lowest BCUT2D eigenvalue weighted by molar-refractivity contribution is -0.126. The minimum Gasteiger partial charge on any atom is -0.385 e. The summed E-state index contributed by atoms with van der Waals surface area (Å²) in [6, 6.07) is 9.18. The first-order valence-corrected chi connectivity index (χ1v) is 10.9. The smallest absolute Gasteiger partial charge is 0.270 e. The summed E-state index contributed by atoms with van der Waals surface area (Å²) in [7, 11) is 0. The maximum Gasteiger partial charge on any atom is 0.270 e. The van der Waals surface area contributed by atoms with E-state index in [1.807, 2.05) is 24.3 Å². The predicted octanol–water partition coefficient (Wildman–Crippen LogP) is 2.30. The van der Waals surface area contributed by atoms with Gasteiger partial charge in [-0.25, -0.2) is 0 Å². The molecular formula is C26H23N5O3. The molecule has 1 atom stereocenters. The van der Waals surface area contributed by atoms with Crippen LogP contribution in [-0.4, -0.2) is 34.1 Å². The average molecular weight is 454 g/mol. The number of nitrogens with two attached hydrogens (primary N) is 1. The second kappa shape index (κ2) is 8.15. The maximum absolute atomic E-state index is 12.8. The van der Waals surface area contributed by atoms with Crippen LogP contribution in [-0.2, 0) is 17.6 Å². The lowest BCUT2D eigenvalue weighted by Crippen LogP contribution is -2.35. The molecule has 34 heavy (non-hydrogen) atoms. The summed E-state index contributed by atoms with van der Waals surface area (Å²) in [6.07, 6.45) is 9.29. The van der Waals surface area contributed by atoms with Crippen molar-refractivity contribution < 1.29 is 14.4 Å². The van der Waals surface area contributed by atoms with Crippen molar-refractivity contribution in [2.75, 3.05) is 6.54 Å². The van der Waals surface area contributed by atoms with E-state index >= 15 is 0 Å². The molecule has 0 fully saturated rings. The van der Waals surface area contributed by atoms with E-state index in [1.165, 1.54) is 0 Å². The van der Waals surface area contributed by atoms with Crippen molar-refractivity contribution in [2.24, 2.45) is 11.1 Å². The molecule has 8 heteroatoms. The zero-order chi connectivity index (χ0) is 23.9. The molecule has 3 heterocycles. The first-order chi connectivity index (χ1) is 16.4. The Morgan fingerprint density at radius 3 is 2.85 bits per heavy atom. The molecule has 0 radical (unpaired) electrons. The summed E-state index contributed by atoms with van der Waals surface area (Å²) in [6.45, 7) is 3.53. The molecule has 5 rings (SSSR count). The molecule has 0 saturated carbocycles. The summed E-state index contributed by atoms with van der Waals surface area (Å²) in [5, 5.41) is 6.20. The molecule has 1 aliphatic carbocycles. The lowest BCUT2D eigenvalue weighted by Gasteiger charge is -2.21. The Bertz CT molecular complexity index is 1430. The number of fused-ring (bicyclic) bond motifs is 2. The molecule has 5 N–H and O–H groups in total. The Kier molecular flexibility index (Phi) is 5.13. The number of pyridine rings is 1. The number of ketones is 1. The van der Waals surface area contributed by atoms with Gasteiger partial charge in [-0.3, -0.25) is 19.4 Å². The number of carbonyl (C=O) groups excluding carboxylic acids is 3. The Hall–Kier alpha value is -4.46. The second-order valence-electron chi connectivity index (χ2n) is 8.50. The Labute approximate surface area is 195 Å². The Balaban J connectivity index is 1.32. The van der Waals surface area contributed by atoms with Crippen molar-refractivity contribution in [2.45, 2.75) is 12.8 Å². The summed E-state index contributed by atoms with van der Waals surface area (Å²) in [4.78, 5) is 45.6. The fourth-order valence-electron chi connectivity index (χ4n) is 4.79. The molecule has 2 aliphatic rings. The third-order valence-corrected chi connectivity index (χ3v) is 6.49. The van der Waals surface area contributed by atoms with Crippen LogP contribution < -0.4 is 16.4 Å². The third-order valence-electron chi connectivity index (χ3n) is 6.49. The minimum atomic E-state index is -0.825. The highest BCUT2D eigenvalue weighted by atomic mass is 16.2. The molecule has 1 aliphatic heterocycles. The van der Waals surface area contributed by atoms with Gasteiger partial charge in [0.1, 0.15) is 11.5 Å². The number of benzene rings is 1. The number of nitrogens with zero attached hydrogens (tertiary/aromatic N) is 1. The van der Waals surface area contributed by atoms with E-state index in [4.69, 9.17) is 5.73 Å². The summed E-state index contributed by atoms with van der Waals surface area (Å²) in [5.41, 5.74) is 9.28. The van der Waals surface area contributed by atoms with E-state index in [0.717, 1.165) is 22.0 Å². The molecule has 2 aromatic heterocycles. The highest BCUT2D eigenvalue weighted by molar-refractivity contribution is 6.10. The second-order valence-corrected chi connectivity index (χ2v) is 8.50. The van der Waals surface area contributed by atoms with E-state index in [2.05, 4.69) is 27.2 Å². The molecule has 170 valence electrons. The largest absolute Gasteiger partial charge is 0.385 e. The first-order valence-electron chi connectivity index (χ1n) is 10.9. The van der Waals surface area contributed by atoms with Crippen LogP contribution >= 0.6 is 0 Å². The van der Waals surface area contributed by atoms with Crippen LogP contribution in [0.5, 0.6) is 0 Å². The van der Waals surface area contributed by atoms with E-state index in [9.17, 15) is 14.4 Å². The summed E-state index contributed by atoms with van der Waals surface area (Å²) >= 11 is 0. The number of hydrogen-bond donors (Lipinski definition) is 4. The number of carbonyl (C=O) groups is 3. The van der Waals surface area contributed by atoms with Gasteiger partial charge in [-0.05, 0) is 36.1 Å². The van der Waals surface area contributed by atoms with Crippen molar-refractivity contribution in [1.29, 1.82) is 0 Å². The van der Waals surface area contributed by atoms with Gasteiger partial charge >= 0.3 is 0 Å². The van der Waals surface area contributed by atoms with E-state index in [-0.39, 0.29) is 23.9 Å². The first kappa shape index (κ1) is 21.4. The van der Waals surface area contributed by atoms with Crippen molar-refractivity contribution in [1.82, 2.24) is 20.6 Å². The van der Waals surface area contributed by atoms with Gasteiger partial charge in [-0.15, -0.1) is 0 Å². The van der Waals surface area contributed by atoms with Gasteiger partial charge in [-0.1, -0.05) is 43.0 Å². The molecule has 1 aromatic carbocycles. The van der Waals surface area contributed by atoms with Gasteiger partial charge in [0.25, 0.3) is 5.91 Å². The number of amides is 2. The van der Waals surface area contributed by atoms with Gasteiger partial charge in [0.15, 0.2) is 5.78 Å². The van der Waals surface area contributed by atoms with Crippen LogP contribution in [0.1, 0.15) is 32.0 Å². The number of hydrogen-bond acceptors (Lipinski definition) is 5. The van der Waals surface area contributed by atoms with Gasteiger partial charge in [0.05, 0.1) is 12.0 Å². The van der Waals surface area contributed by atoms with E-state index in [1.54, 1.807) is 36.7 Å². The van der Waals surface area contributed by atoms with Crippen LogP contribution in [0.15, 0.2) is 78.9 Å². The van der Waals surface area contributed by atoms with E-state index < -0.39 is 11.3 Å². The van der Waals surface area contributed by atoms with Gasteiger partial charge in [0.2, 0.25) is 5.91 Å². The predicted molar refractivity (Wildman–Crippen MR) is 128 cm³/mol. The number of allylic oxidation sites excluding steroid dienone is 3. The number of H-pyrrole nitrogens is 1. The number of nitrogens with one attached hydrogen (secondary N) is 3. The Morgan fingerprint density at radius 2 is 2.03 bits per heavy atom. The van der Waals surface area contributed by atoms with Crippen molar-refractivity contribution in [3.05, 3.63) is 101 Å². The maximum atomic E-state index is 12.8. The van der Waals surface area contributed by atoms with Crippen molar-refractivity contribution in [3.63, 3.8) is 0 Å².